The highest BCUT2D eigenvalue weighted by molar-refractivity contribution is 5.65. The molecule has 1 heteroatoms. The van der Waals surface area contributed by atoms with Crippen LogP contribution >= 0.6 is 0 Å². The summed E-state index contributed by atoms with van der Waals surface area (Å²) < 4.78 is 15.0. The van der Waals surface area contributed by atoms with Crippen molar-refractivity contribution in [3.8, 4) is 11.1 Å². The van der Waals surface area contributed by atoms with Gasteiger partial charge < -0.3 is 0 Å². The molecule has 0 atom stereocenters. The van der Waals surface area contributed by atoms with E-state index in [1.54, 1.807) is 0 Å². The van der Waals surface area contributed by atoms with Gasteiger partial charge in [0.1, 0.15) is 5.82 Å². The Hall–Kier alpha value is -1.63. The lowest BCUT2D eigenvalue weighted by atomic mass is 9.77. The second-order valence-corrected chi connectivity index (χ2v) is 9.61. The summed E-state index contributed by atoms with van der Waals surface area (Å²) >= 11 is 0. The average molecular weight is 393 g/mol. The maximum absolute atomic E-state index is 15.0. The molecule has 0 aliphatic heterocycles. The largest absolute Gasteiger partial charge is 0.206 e. The Morgan fingerprint density at radius 3 is 1.62 bits per heavy atom. The van der Waals surface area contributed by atoms with Crippen LogP contribution in [0.4, 0.5) is 4.39 Å². The average Bonchev–Trinajstić information content (AvgIpc) is 2.79. The molecule has 2 aliphatic carbocycles. The molecule has 156 valence electrons. The lowest BCUT2D eigenvalue weighted by Gasteiger charge is -2.28. The van der Waals surface area contributed by atoms with Gasteiger partial charge >= 0.3 is 0 Å². The fourth-order valence-electron chi connectivity index (χ4n) is 5.76. The van der Waals surface area contributed by atoms with Gasteiger partial charge in [-0.1, -0.05) is 63.1 Å². The van der Waals surface area contributed by atoms with E-state index in [1.165, 1.54) is 75.3 Å². The third kappa shape index (κ3) is 4.76. The minimum absolute atomic E-state index is 0.0590. The van der Waals surface area contributed by atoms with Gasteiger partial charge in [-0.25, -0.2) is 4.39 Å². The van der Waals surface area contributed by atoms with Crippen molar-refractivity contribution < 1.29 is 4.39 Å². The zero-order valence-electron chi connectivity index (χ0n) is 18.3. The van der Waals surface area contributed by atoms with Crippen LogP contribution in [-0.2, 0) is 0 Å². The first-order valence-electron chi connectivity index (χ1n) is 12.1. The summed E-state index contributed by atoms with van der Waals surface area (Å²) in [6.45, 7) is 4.61. The molecule has 2 fully saturated rings. The molecule has 0 spiro atoms. The highest BCUT2D eigenvalue weighted by Gasteiger charge is 2.23. The summed E-state index contributed by atoms with van der Waals surface area (Å²) in [6, 6.07) is 14.7. The summed E-state index contributed by atoms with van der Waals surface area (Å²) in [6.07, 6.45) is 13.0. The molecule has 2 aromatic rings. The van der Waals surface area contributed by atoms with Crippen LogP contribution < -0.4 is 0 Å². The predicted octanol–water partition coefficient (Wildman–Crippen LogP) is 8.86. The molecule has 0 radical (unpaired) electrons. The lowest BCUT2D eigenvalue weighted by Crippen LogP contribution is -2.13. The third-order valence-corrected chi connectivity index (χ3v) is 8.01. The third-order valence-electron chi connectivity index (χ3n) is 8.01. The molecule has 0 amide bonds. The summed E-state index contributed by atoms with van der Waals surface area (Å²) in [7, 11) is 0. The number of halogens is 1. The zero-order valence-corrected chi connectivity index (χ0v) is 18.3. The molecular weight excluding hydrogens is 355 g/mol. The fourth-order valence-corrected chi connectivity index (χ4v) is 5.76. The van der Waals surface area contributed by atoms with E-state index in [9.17, 15) is 4.39 Å². The van der Waals surface area contributed by atoms with Gasteiger partial charge in [-0.3, -0.25) is 0 Å². The molecule has 0 N–H and O–H groups in total. The van der Waals surface area contributed by atoms with E-state index >= 15 is 0 Å². The smallest absolute Gasteiger partial charge is 0.131 e. The van der Waals surface area contributed by atoms with E-state index in [1.807, 2.05) is 12.1 Å². The molecule has 2 aliphatic rings. The molecule has 0 heterocycles. The molecule has 0 bridgehead atoms. The molecule has 29 heavy (non-hydrogen) atoms. The van der Waals surface area contributed by atoms with Gasteiger partial charge in [0, 0.05) is 5.56 Å². The van der Waals surface area contributed by atoms with Crippen LogP contribution in [-0.4, -0.2) is 0 Å². The van der Waals surface area contributed by atoms with Crippen molar-refractivity contribution in [3.05, 3.63) is 59.4 Å². The van der Waals surface area contributed by atoms with E-state index in [0.29, 0.717) is 11.8 Å². The molecule has 0 saturated heterocycles. The quantitative estimate of drug-likeness (QED) is 0.476. The second-order valence-electron chi connectivity index (χ2n) is 9.61. The summed E-state index contributed by atoms with van der Waals surface area (Å²) in [4.78, 5) is 0. The van der Waals surface area contributed by atoms with Gasteiger partial charge in [-0.05, 0) is 97.8 Å². The van der Waals surface area contributed by atoms with Gasteiger partial charge in [0.15, 0.2) is 0 Å². The van der Waals surface area contributed by atoms with E-state index in [0.717, 1.165) is 23.0 Å². The predicted molar refractivity (Wildman–Crippen MR) is 122 cm³/mol. The fraction of sp³-hybridized carbons (Fsp3) is 0.571. The Kier molecular flexibility index (Phi) is 6.73. The van der Waals surface area contributed by atoms with Gasteiger partial charge in [0.05, 0.1) is 0 Å². The minimum Gasteiger partial charge on any atom is -0.206 e. The van der Waals surface area contributed by atoms with Gasteiger partial charge in [0.2, 0.25) is 0 Å². The first kappa shape index (κ1) is 20.6. The standard InChI is InChI=1S/C28H37F/c1-3-20-5-9-22(10-6-20)23-13-15-25(16-14-23)27-18-17-26(19-28(27)29)24-11-7-21(4-2)8-12-24/h13-22,24H,3-12H2,1-2H3. The Labute approximate surface area is 176 Å². The lowest BCUT2D eigenvalue weighted by molar-refractivity contribution is 0.318. The number of rotatable bonds is 5. The highest BCUT2D eigenvalue weighted by Crippen LogP contribution is 2.39. The van der Waals surface area contributed by atoms with E-state index < -0.39 is 0 Å². The van der Waals surface area contributed by atoms with Gasteiger partial charge in [-0.15, -0.1) is 0 Å². The van der Waals surface area contributed by atoms with Gasteiger partial charge in [-0.2, -0.15) is 0 Å². The van der Waals surface area contributed by atoms with E-state index in [4.69, 9.17) is 0 Å². The van der Waals surface area contributed by atoms with Crippen LogP contribution in [0.2, 0.25) is 0 Å². The SMILES string of the molecule is CCC1CCC(c2ccc(-c3ccc(C4CCC(CC)CC4)cc3F)cc2)CC1. The van der Waals surface area contributed by atoms with E-state index in [-0.39, 0.29) is 5.82 Å². The first-order chi connectivity index (χ1) is 14.2. The molecule has 0 nitrogen and oxygen atoms in total. The Morgan fingerprint density at radius 2 is 1.14 bits per heavy atom. The van der Waals surface area contributed by atoms with Crippen LogP contribution in [0, 0.1) is 17.7 Å². The minimum atomic E-state index is -0.0590. The van der Waals surface area contributed by atoms with Crippen molar-refractivity contribution >= 4 is 0 Å². The number of hydrogen-bond acceptors (Lipinski definition) is 0. The topological polar surface area (TPSA) is 0 Å². The van der Waals surface area contributed by atoms with Crippen LogP contribution in [0.25, 0.3) is 11.1 Å². The normalized spacial score (nSPS) is 27.7. The van der Waals surface area contributed by atoms with Crippen LogP contribution in [0.5, 0.6) is 0 Å². The highest BCUT2D eigenvalue weighted by atomic mass is 19.1. The van der Waals surface area contributed by atoms with E-state index in [2.05, 4.69) is 44.2 Å². The maximum Gasteiger partial charge on any atom is 0.131 e. The number of hydrogen-bond donors (Lipinski definition) is 0. The molecule has 4 rings (SSSR count). The Morgan fingerprint density at radius 1 is 0.655 bits per heavy atom. The number of benzene rings is 2. The molecule has 2 aromatic carbocycles. The zero-order chi connectivity index (χ0) is 20.2. The van der Waals surface area contributed by atoms with Crippen molar-refractivity contribution in [1.29, 1.82) is 0 Å². The molecule has 0 unspecified atom stereocenters. The summed E-state index contributed by atoms with van der Waals surface area (Å²) in [5.74, 6) is 2.98. The Bertz CT molecular complexity index is 774. The maximum atomic E-state index is 15.0. The van der Waals surface area contributed by atoms with Crippen LogP contribution in [0.1, 0.15) is 101 Å². The van der Waals surface area contributed by atoms with Gasteiger partial charge in [0.25, 0.3) is 0 Å². The second kappa shape index (κ2) is 9.45. The van der Waals surface area contributed by atoms with Crippen molar-refractivity contribution in [2.75, 3.05) is 0 Å². The molecular formula is C28H37F. The summed E-state index contributed by atoms with van der Waals surface area (Å²) in [5, 5.41) is 0. The Balaban J connectivity index is 1.43. The van der Waals surface area contributed by atoms with Crippen LogP contribution in [0.3, 0.4) is 0 Å². The first-order valence-corrected chi connectivity index (χ1v) is 12.1. The monoisotopic (exact) mass is 392 g/mol. The van der Waals surface area contributed by atoms with Crippen molar-refractivity contribution in [2.45, 2.75) is 89.9 Å². The molecule has 2 saturated carbocycles. The van der Waals surface area contributed by atoms with Crippen molar-refractivity contribution in [1.82, 2.24) is 0 Å². The van der Waals surface area contributed by atoms with Crippen molar-refractivity contribution in [3.63, 3.8) is 0 Å². The van der Waals surface area contributed by atoms with Crippen molar-refractivity contribution in [2.24, 2.45) is 11.8 Å². The van der Waals surface area contributed by atoms with Crippen LogP contribution in [0.15, 0.2) is 42.5 Å². The summed E-state index contributed by atoms with van der Waals surface area (Å²) in [5.41, 5.74) is 4.39. The molecule has 0 aromatic heterocycles.